The Hall–Kier alpha value is -2.65. The molecule has 2 aromatic rings. The summed E-state index contributed by atoms with van der Waals surface area (Å²) in [4.78, 5) is 24.7. The van der Waals surface area contributed by atoms with E-state index in [1.807, 2.05) is 32.3 Å². The third-order valence-corrected chi connectivity index (χ3v) is 5.27. The number of carbonyl (C=O) groups excluding carboxylic acids is 2. The molecule has 1 aromatic carbocycles. The van der Waals surface area contributed by atoms with Crippen LogP contribution in [0.15, 0.2) is 29.2 Å². The van der Waals surface area contributed by atoms with E-state index in [-0.39, 0.29) is 28.0 Å². The predicted molar refractivity (Wildman–Crippen MR) is 103 cm³/mol. The van der Waals surface area contributed by atoms with Crippen LogP contribution in [0.4, 0.5) is 0 Å². The van der Waals surface area contributed by atoms with Crippen LogP contribution in [0, 0.1) is 13.8 Å². The van der Waals surface area contributed by atoms with E-state index in [0.29, 0.717) is 5.56 Å². The first-order chi connectivity index (χ1) is 13.0. The largest absolute Gasteiger partial charge is 0.496 e. The Balaban J connectivity index is 2.23. The molecule has 0 fully saturated rings. The van der Waals surface area contributed by atoms with Crippen LogP contribution in [0.1, 0.15) is 52.0 Å². The number of ketones is 1. The van der Waals surface area contributed by atoms with Crippen LogP contribution >= 0.6 is 0 Å². The molecule has 28 heavy (non-hydrogen) atoms. The number of nitrogens with zero attached hydrogens (tertiary/aromatic N) is 1. The summed E-state index contributed by atoms with van der Waals surface area (Å²) >= 11 is 0. The van der Waals surface area contributed by atoms with E-state index in [1.54, 1.807) is 6.07 Å². The normalized spacial score (nSPS) is 11.5. The Kier molecular flexibility index (Phi) is 6.30. The Morgan fingerprint density at radius 1 is 1.14 bits per heavy atom. The van der Waals surface area contributed by atoms with Crippen molar-refractivity contribution in [2.75, 3.05) is 13.7 Å². The van der Waals surface area contributed by atoms with E-state index >= 15 is 0 Å². The summed E-state index contributed by atoms with van der Waals surface area (Å²) in [6.45, 7) is 7.28. The summed E-state index contributed by atoms with van der Waals surface area (Å²) in [6, 6.07) is 5.53. The van der Waals surface area contributed by atoms with Gasteiger partial charge in [0.1, 0.15) is 11.3 Å². The lowest BCUT2D eigenvalue weighted by Gasteiger charge is -2.13. The lowest BCUT2D eigenvalue weighted by Crippen LogP contribution is -2.17. The molecule has 0 radical (unpaired) electrons. The van der Waals surface area contributed by atoms with Crippen molar-refractivity contribution in [3.05, 3.63) is 46.8 Å². The second-order valence-corrected chi connectivity index (χ2v) is 8.22. The first-order valence-corrected chi connectivity index (χ1v) is 10.1. The molecular weight excluding hydrogens is 384 g/mol. The van der Waals surface area contributed by atoms with Crippen molar-refractivity contribution in [3.8, 4) is 5.75 Å². The lowest BCUT2D eigenvalue weighted by molar-refractivity contribution is 0.0471. The van der Waals surface area contributed by atoms with Crippen LogP contribution in [0.5, 0.6) is 5.75 Å². The number of hydrogen-bond donors (Lipinski definition) is 1. The minimum Gasteiger partial charge on any atom is -0.496 e. The summed E-state index contributed by atoms with van der Waals surface area (Å²) in [6.07, 6.45) is 0. The monoisotopic (exact) mass is 408 g/mol. The number of sulfonamides is 1. The maximum absolute atomic E-state index is 12.5. The van der Waals surface area contributed by atoms with E-state index in [1.165, 1.54) is 19.2 Å². The van der Waals surface area contributed by atoms with Gasteiger partial charge in [0.15, 0.2) is 6.61 Å². The van der Waals surface area contributed by atoms with Gasteiger partial charge in [-0.1, -0.05) is 0 Å². The van der Waals surface area contributed by atoms with Gasteiger partial charge in [0.25, 0.3) is 0 Å². The second kappa shape index (κ2) is 8.15. The first kappa shape index (κ1) is 21.6. The molecule has 1 aromatic heterocycles. The first-order valence-electron chi connectivity index (χ1n) is 8.57. The summed E-state index contributed by atoms with van der Waals surface area (Å²) < 4.78 is 35.2. The molecule has 8 nitrogen and oxygen atoms in total. The number of nitrogens with two attached hydrogens (primary N) is 1. The molecule has 0 aliphatic rings. The van der Waals surface area contributed by atoms with Gasteiger partial charge >= 0.3 is 5.97 Å². The van der Waals surface area contributed by atoms with Crippen LogP contribution in [-0.2, 0) is 14.8 Å². The Morgan fingerprint density at radius 3 is 2.29 bits per heavy atom. The van der Waals surface area contributed by atoms with E-state index in [9.17, 15) is 18.0 Å². The van der Waals surface area contributed by atoms with Gasteiger partial charge in [-0.15, -0.1) is 0 Å². The molecule has 0 saturated heterocycles. The summed E-state index contributed by atoms with van der Waals surface area (Å²) in [5.41, 5.74) is 2.07. The number of methoxy groups -OCH3 is 1. The number of aromatic nitrogens is 1. The molecule has 2 N–H and O–H groups in total. The summed E-state index contributed by atoms with van der Waals surface area (Å²) in [5.74, 6) is -1.12. The van der Waals surface area contributed by atoms with Gasteiger partial charge < -0.3 is 14.0 Å². The van der Waals surface area contributed by atoms with Crippen LogP contribution < -0.4 is 9.88 Å². The Labute approximate surface area is 164 Å². The number of benzene rings is 1. The fourth-order valence-electron chi connectivity index (χ4n) is 3.16. The third-order valence-electron chi connectivity index (χ3n) is 4.35. The minimum absolute atomic E-state index is 0.114. The lowest BCUT2D eigenvalue weighted by atomic mass is 10.1. The zero-order valence-corrected chi connectivity index (χ0v) is 17.3. The van der Waals surface area contributed by atoms with Gasteiger partial charge in [0.2, 0.25) is 15.8 Å². The van der Waals surface area contributed by atoms with Crippen molar-refractivity contribution in [2.45, 2.75) is 38.6 Å². The van der Waals surface area contributed by atoms with E-state index in [2.05, 4.69) is 0 Å². The molecule has 9 heteroatoms. The standard InChI is InChI=1S/C19H24N2O6S/c1-11(2)21-12(3)8-15(13(21)4)17(22)10-27-19(23)16-9-14(28(20,24)25)6-7-18(16)26-5/h6-9,11H,10H2,1-5H3,(H2,20,24,25). The quantitative estimate of drug-likeness (QED) is 0.555. The highest BCUT2D eigenvalue weighted by molar-refractivity contribution is 7.89. The maximum Gasteiger partial charge on any atom is 0.342 e. The number of hydrogen-bond acceptors (Lipinski definition) is 6. The number of primary sulfonamides is 1. The van der Waals surface area contributed by atoms with Crippen LogP contribution in [-0.4, -0.2) is 38.5 Å². The molecule has 0 saturated carbocycles. The van der Waals surface area contributed by atoms with Gasteiger partial charge in [-0.05, 0) is 52.0 Å². The van der Waals surface area contributed by atoms with Gasteiger partial charge in [-0.2, -0.15) is 0 Å². The van der Waals surface area contributed by atoms with Crippen molar-refractivity contribution >= 4 is 21.8 Å². The molecule has 0 unspecified atom stereocenters. The number of esters is 1. The smallest absolute Gasteiger partial charge is 0.342 e. The second-order valence-electron chi connectivity index (χ2n) is 6.65. The van der Waals surface area contributed by atoms with Crippen molar-refractivity contribution in [1.29, 1.82) is 0 Å². The molecular formula is C19H24N2O6S. The van der Waals surface area contributed by atoms with Crippen molar-refractivity contribution in [3.63, 3.8) is 0 Å². The van der Waals surface area contributed by atoms with Gasteiger partial charge in [0, 0.05) is 23.0 Å². The molecule has 0 aliphatic carbocycles. The summed E-state index contributed by atoms with van der Waals surface area (Å²) in [5, 5.41) is 5.10. The average Bonchev–Trinajstić information content (AvgIpc) is 2.92. The third kappa shape index (κ3) is 4.42. The van der Waals surface area contributed by atoms with Crippen molar-refractivity contribution in [2.24, 2.45) is 5.14 Å². The fourth-order valence-corrected chi connectivity index (χ4v) is 3.70. The number of ether oxygens (including phenoxy) is 2. The van der Waals surface area contributed by atoms with Crippen molar-refractivity contribution < 1.29 is 27.5 Å². The highest BCUT2D eigenvalue weighted by Crippen LogP contribution is 2.24. The van der Waals surface area contributed by atoms with Crippen LogP contribution in [0.2, 0.25) is 0 Å². The maximum atomic E-state index is 12.5. The Morgan fingerprint density at radius 2 is 1.79 bits per heavy atom. The van der Waals surface area contributed by atoms with Crippen LogP contribution in [0.25, 0.3) is 0 Å². The molecule has 0 aliphatic heterocycles. The molecule has 1 heterocycles. The molecule has 0 atom stereocenters. The zero-order chi connectivity index (χ0) is 21.2. The molecule has 0 spiro atoms. The van der Waals surface area contributed by atoms with Crippen LogP contribution in [0.3, 0.4) is 0 Å². The molecule has 152 valence electrons. The minimum atomic E-state index is -4.01. The van der Waals surface area contributed by atoms with E-state index in [4.69, 9.17) is 14.6 Å². The van der Waals surface area contributed by atoms with Crippen molar-refractivity contribution in [1.82, 2.24) is 4.57 Å². The predicted octanol–water partition coefficient (Wildman–Crippen LogP) is 2.38. The van der Waals surface area contributed by atoms with Gasteiger partial charge in [-0.3, -0.25) is 4.79 Å². The topological polar surface area (TPSA) is 118 Å². The fraction of sp³-hybridized carbons (Fsp3) is 0.368. The SMILES string of the molecule is COc1ccc(S(N)(=O)=O)cc1C(=O)OCC(=O)c1cc(C)n(C(C)C)c1C. The molecule has 0 amide bonds. The number of rotatable bonds is 7. The Bertz CT molecular complexity index is 1020. The number of carbonyl (C=O) groups is 2. The summed E-state index contributed by atoms with van der Waals surface area (Å²) in [7, 11) is -2.68. The van der Waals surface area contributed by atoms with Gasteiger partial charge in [0.05, 0.1) is 12.0 Å². The highest BCUT2D eigenvalue weighted by Gasteiger charge is 2.22. The van der Waals surface area contributed by atoms with Gasteiger partial charge in [-0.25, -0.2) is 18.4 Å². The average molecular weight is 408 g/mol. The van der Waals surface area contributed by atoms with E-state index < -0.39 is 22.6 Å². The number of Topliss-reactive ketones (excluding diaryl/α,β-unsaturated/α-hetero) is 1. The number of aryl methyl sites for hydroxylation is 1. The van der Waals surface area contributed by atoms with E-state index in [0.717, 1.165) is 17.5 Å². The highest BCUT2D eigenvalue weighted by atomic mass is 32.2. The molecule has 0 bridgehead atoms. The zero-order valence-electron chi connectivity index (χ0n) is 16.5. The molecule has 2 rings (SSSR count).